The largest absolute Gasteiger partial charge is 0.377 e. The molecular formula is C9H16BrF2NO. The quantitative estimate of drug-likeness (QED) is 0.687. The Labute approximate surface area is 91.7 Å². The Hall–Kier alpha value is 0.260. The number of ether oxygens (including phenoxy) is 1. The van der Waals surface area contributed by atoms with E-state index in [9.17, 15) is 8.78 Å². The SMILES string of the molecule is FC(F)CN(CCBr)CC1CCCO1. The van der Waals surface area contributed by atoms with Crippen molar-refractivity contribution in [3.8, 4) is 0 Å². The van der Waals surface area contributed by atoms with Gasteiger partial charge in [0.05, 0.1) is 12.6 Å². The Morgan fingerprint density at radius 1 is 1.50 bits per heavy atom. The highest BCUT2D eigenvalue weighted by Gasteiger charge is 2.20. The Kier molecular flexibility index (Phi) is 5.89. The van der Waals surface area contributed by atoms with Crippen molar-refractivity contribution < 1.29 is 13.5 Å². The van der Waals surface area contributed by atoms with Gasteiger partial charge in [0.1, 0.15) is 0 Å². The molecule has 1 heterocycles. The minimum atomic E-state index is -2.25. The van der Waals surface area contributed by atoms with Gasteiger partial charge in [-0.1, -0.05) is 15.9 Å². The molecule has 84 valence electrons. The second-order valence-electron chi connectivity index (χ2n) is 3.47. The number of alkyl halides is 3. The first kappa shape index (κ1) is 12.3. The standard InChI is InChI=1S/C9H16BrF2NO/c10-3-4-13(7-9(11)12)6-8-2-1-5-14-8/h8-9H,1-7H2. The predicted molar refractivity (Wildman–Crippen MR) is 55.2 cm³/mol. The van der Waals surface area contributed by atoms with Crippen molar-refractivity contribution in [3.05, 3.63) is 0 Å². The number of hydrogen-bond acceptors (Lipinski definition) is 2. The molecule has 0 N–H and O–H groups in total. The molecule has 0 bridgehead atoms. The van der Waals surface area contributed by atoms with Crippen molar-refractivity contribution in [1.82, 2.24) is 4.90 Å². The Morgan fingerprint density at radius 3 is 2.79 bits per heavy atom. The van der Waals surface area contributed by atoms with Gasteiger partial charge < -0.3 is 4.74 Å². The Balaban J connectivity index is 2.25. The van der Waals surface area contributed by atoms with Gasteiger partial charge in [-0.05, 0) is 12.8 Å². The average molecular weight is 272 g/mol. The van der Waals surface area contributed by atoms with Crippen LogP contribution in [0.2, 0.25) is 0 Å². The van der Waals surface area contributed by atoms with Crippen molar-refractivity contribution in [1.29, 1.82) is 0 Å². The molecule has 1 aliphatic rings. The van der Waals surface area contributed by atoms with E-state index in [2.05, 4.69) is 15.9 Å². The van der Waals surface area contributed by atoms with Crippen LogP contribution in [0.25, 0.3) is 0 Å². The van der Waals surface area contributed by atoms with Crippen LogP contribution in [0.1, 0.15) is 12.8 Å². The molecule has 0 spiro atoms. The summed E-state index contributed by atoms with van der Waals surface area (Å²) in [6, 6.07) is 0. The van der Waals surface area contributed by atoms with Gasteiger partial charge in [0, 0.05) is 25.0 Å². The van der Waals surface area contributed by atoms with E-state index in [0.717, 1.165) is 24.8 Å². The first-order valence-electron chi connectivity index (χ1n) is 4.90. The highest BCUT2D eigenvalue weighted by Crippen LogP contribution is 2.14. The van der Waals surface area contributed by atoms with E-state index >= 15 is 0 Å². The van der Waals surface area contributed by atoms with Crippen molar-refractivity contribution >= 4 is 15.9 Å². The maximum absolute atomic E-state index is 12.2. The predicted octanol–water partition coefficient (Wildman–Crippen LogP) is 2.13. The van der Waals surface area contributed by atoms with Crippen LogP contribution in [-0.2, 0) is 4.74 Å². The molecule has 1 rings (SSSR count). The summed E-state index contributed by atoms with van der Waals surface area (Å²) >= 11 is 3.26. The third kappa shape index (κ3) is 4.66. The molecule has 14 heavy (non-hydrogen) atoms. The lowest BCUT2D eigenvalue weighted by molar-refractivity contribution is 0.0428. The zero-order valence-electron chi connectivity index (χ0n) is 8.09. The van der Waals surface area contributed by atoms with Crippen LogP contribution in [0, 0.1) is 0 Å². The van der Waals surface area contributed by atoms with E-state index in [4.69, 9.17) is 4.74 Å². The maximum atomic E-state index is 12.2. The molecule has 1 saturated heterocycles. The lowest BCUT2D eigenvalue weighted by atomic mass is 10.2. The molecule has 0 amide bonds. The van der Waals surface area contributed by atoms with Gasteiger partial charge in [-0.2, -0.15) is 0 Å². The summed E-state index contributed by atoms with van der Waals surface area (Å²) in [6.45, 7) is 1.92. The normalized spacial score (nSPS) is 22.5. The lowest BCUT2D eigenvalue weighted by Crippen LogP contribution is -2.36. The molecule has 2 nitrogen and oxygen atoms in total. The third-order valence-corrected chi connectivity index (χ3v) is 2.64. The molecular weight excluding hydrogens is 256 g/mol. The molecule has 0 saturated carbocycles. The van der Waals surface area contributed by atoms with Crippen LogP contribution in [0.15, 0.2) is 0 Å². The van der Waals surface area contributed by atoms with Crippen molar-refractivity contribution in [2.75, 3.05) is 31.6 Å². The molecule has 5 heteroatoms. The molecule has 0 radical (unpaired) electrons. The minimum absolute atomic E-state index is 0.147. The number of rotatable bonds is 6. The molecule has 1 unspecified atom stereocenters. The Bertz CT molecular complexity index is 154. The van der Waals surface area contributed by atoms with E-state index in [1.807, 2.05) is 0 Å². The smallest absolute Gasteiger partial charge is 0.251 e. The summed E-state index contributed by atoms with van der Waals surface area (Å²) < 4.78 is 29.8. The first-order chi connectivity index (χ1) is 6.72. The van der Waals surface area contributed by atoms with Crippen molar-refractivity contribution in [3.63, 3.8) is 0 Å². The fourth-order valence-electron chi connectivity index (χ4n) is 1.65. The highest BCUT2D eigenvalue weighted by molar-refractivity contribution is 9.09. The molecule has 0 aromatic heterocycles. The van der Waals surface area contributed by atoms with E-state index < -0.39 is 6.43 Å². The summed E-state index contributed by atoms with van der Waals surface area (Å²) in [7, 11) is 0. The van der Waals surface area contributed by atoms with Gasteiger partial charge in [0.15, 0.2) is 0 Å². The van der Waals surface area contributed by atoms with E-state index in [1.165, 1.54) is 0 Å². The fourth-order valence-corrected chi connectivity index (χ4v) is 2.15. The number of halogens is 3. The van der Waals surface area contributed by atoms with Gasteiger partial charge in [-0.15, -0.1) is 0 Å². The van der Waals surface area contributed by atoms with Crippen LogP contribution < -0.4 is 0 Å². The molecule has 1 atom stereocenters. The summed E-state index contributed by atoms with van der Waals surface area (Å²) in [4.78, 5) is 1.76. The second-order valence-corrected chi connectivity index (χ2v) is 4.27. The van der Waals surface area contributed by atoms with Gasteiger partial charge in [-0.25, -0.2) is 8.78 Å². The Morgan fingerprint density at radius 2 is 2.29 bits per heavy atom. The third-order valence-electron chi connectivity index (χ3n) is 2.28. The van der Waals surface area contributed by atoms with Crippen LogP contribution in [-0.4, -0.2) is 49.0 Å². The first-order valence-corrected chi connectivity index (χ1v) is 6.02. The van der Waals surface area contributed by atoms with Crippen LogP contribution in [0.3, 0.4) is 0 Å². The van der Waals surface area contributed by atoms with Gasteiger partial charge in [0.25, 0.3) is 6.43 Å². The molecule has 0 aliphatic carbocycles. The molecule has 1 fully saturated rings. The van der Waals surface area contributed by atoms with Crippen LogP contribution in [0.4, 0.5) is 8.78 Å². The molecule has 1 aliphatic heterocycles. The van der Waals surface area contributed by atoms with Crippen LogP contribution >= 0.6 is 15.9 Å². The lowest BCUT2D eigenvalue weighted by Gasteiger charge is -2.23. The minimum Gasteiger partial charge on any atom is -0.377 e. The monoisotopic (exact) mass is 271 g/mol. The number of nitrogens with zero attached hydrogens (tertiary/aromatic N) is 1. The summed E-state index contributed by atoms with van der Waals surface area (Å²) in [5, 5.41) is 0.729. The summed E-state index contributed by atoms with van der Waals surface area (Å²) in [5.41, 5.74) is 0. The second kappa shape index (κ2) is 6.69. The zero-order chi connectivity index (χ0) is 10.4. The summed E-state index contributed by atoms with van der Waals surface area (Å²) in [5.74, 6) is 0. The van der Waals surface area contributed by atoms with Gasteiger partial charge in [0.2, 0.25) is 0 Å². The fraction of sp³-hybridized carbons (Fsp3) is 1.00. The van der Waals surface area contributed by atoms with Gasteiger partial charge in [-0.3, -0.25) is 4.90 Å². The molecule has 0 aromatic rings. The van der Waals surface area contributed by atoms with Gasteiger partial charge >= 0.3 is 0 Å². The summed E-state index contributed by atoms with van der Waals surface area (Å²) in [6.07, 6.45) is -0.0352. The zero-order valence-corrected chi connectivity index (χ0v) is 9.68. The molecule has 0 aromatic carbocycles. The number of hydrogen-bond donors (Lipinski definition) is 0. The van der Waals surface area contributed by atoms with Crippen LogP contribution in [0.5, 0.6) is 0 Å². The van der Waals surface area contributed by atoms with E-state index in [-0.39, 0.29) is 12.6 Å². The van der Waals surface area contributed by atoms with Crippen molar-refractivity contribution in [2.45, 2.75) is 25.4 Å². The van der Waals surface area contributed by atoms with Crippen molar-refractivity contribution in [2.24, 2.45) is 0 Å². The average Bonchev–Trinajstić information content (AvgIpc) is 2.56. The van der Waals surface area contributed by atoms with E-state index in [0.29, 0.717) is 13.1 Å². The van der Waals surface area contributed by atoms with E-state index in [1.54, 1.807) is 4.90 Å². The maximum Gasteiger partial charge on any atom is 0.251 e. The topological polar surface area (TPSA) is 12.5 Å². The highest BCUT2D eigenvalue weighted by atomic mass is 79.9.